The average Bonchev–Trinajstić information content (AvgIpc) is 2.20. The van der Waals surface area contributed by atoms with Crippen LogP contribution in [0, 0.1) is 6.92 Å². The fourth-order valence-electron chi connectivity index (χ4n) is 1.68. The Kier molecular flexibility index (Phi) is 5.00. The van der Waals surface area contributed by atoms with Crippen LogP contribution >= 0.6 is 15.9 Å². The van der Waals surface area contributed by atoms with Gasteiger partial charge >= 0.3 is 0 Å². The quantitative estimate of drug-likeness (QED) is 0.840. The highest BCUT2D eigenvalue weighted by molar-refractivity contribution is 9.09. The molecule has 0 aliphatic carbocycles. The number of carbonyl (C=O) groups is 1. The maximum absolute atomic E-state index is 11.9. The lowest BCUT2D eigenvalue weighted by Crippen LogP contribution is -2.33. The Bertz CT molecular complexity index is 404. The van der Waals surface area contributed by atoms with E-state index in [1.54, 1.807) is 18.2 Å². The van der Waals surface area contributed by atoms with Crippen molar-refractivity contribution in [3.05, 3.63) is 29.3 Å². The molecule has 0 spiro atoms. The van der Waals surface area contributed by atoms with E-state index in [0.717, 1.165) is 12.0 Å². The van der Waals surface area contributed by atoms with Crippen molar-refractivity contribution < 1.29 is 9.90 Å². The van der Waals surface area contributed by atoms with E-state index in [1.807, 2.05) is 20.8 Å². The number of alkyl halides is 1. The largest absolute Gasteiger partial charge is 0.507 e. The smallest absolute Gasteiger partial charge is 0.255 e. The minimum absolute atomic E-state index is 0.0205. The molecular weight excluding hydrogens is 282 g/mol. The highest BCUT2D eigenvalue weighted by atomic mass is 79.9. The van der Waals surface area contributed by atoms with Gasteiger partial charge in [-0.25, -0.2) is 0 Å². The molecule has 0 saturated carbocycles. The van der Waals surface area contributed by atoms with E-state index in [2.05, 4.69) is 21.2 Å². The third kappa shape index (κ3) is 4.38. The molecule has 1 aromatic rings. The highest BCUT2D eigenvalue weighted by Gasteiger charge is 2.14. The molecule has 2 N–H and O–H groups in total. The van der Waals surface area contributed by atoms with Crippen molar-refractivity contribution in [3.63, 3.8) is 0 Å². The maximum atomic E-state index is 11.9. The molecular formula is C13H18BrNO2. The van der Waals surface area contributed by atoms with E-state index in [4.69, 9.17) is 0 Å². The number of nitrogens with one attached hydrogen (secondary N) is 1. The van der Waals surface area contributed by atoms with Crippen molar-refractivity contribution in [2.24, 2.45) is 0 Å². The van der Waals surface area contributed by atoms with Crippen LogP contribution in [0.25, 0.3) is 0 Å². The molecule has 1 amide bonds. The van der Waals surface area contributed by atoms with Gasteiger partial charge in [-0.15, -0.1) is 0 Å². The van der Waals surface area contributed by atoms with Crippen molar-refractivity contribution in [1.29, 1.82) is 0 Å². The van der Waals surface area contributed by atoms with E-state index in [9.17, 15) is 9.90 Å². The first kappa shape index (κ1) is 14.0. The van der Waals surface area contributed by atoms with Crippen LogP contribution in [0.4, 0.5) is 0 Å². The summed E-state index contributed by atoms with van der Waals surface area (Å²) < 4.78 is 0. The van der Waals surface area contributed by atoms with Gasteiger partial charge in [0.15, 0.2) is 0 Å². The summed E-state index contributed by atoms with van der Waals surface area (Å²) in [5, 5.41) is 12.5. The monoisotopic (exact) mass is 299 g/mol. The van der Waals surface area contributed by atoms with Crippen LogP contribution in [0.1, 0.15) is 36.2 Å². The SMILES string of the molecule is Cc1ccc(O)c(C(=O)NC(C)CC(C)Br)c1. The number of aryl methyl sites for hydroxylation is 1. The van der Waals surface area contributed by atoms with E-state index in [-0.39, 0.29) is 17.7 Å². The van der Waals surface area contributed by atoms with E-state index in [1.165, 1.54) is 0 Å². The lowest BCUT2D eigenvalue weighted by molar-refractivity contribution is 0.0936. The summed E-state index contributed by atoms with van der Waals surface area (Å²) in [5.74, 6) is -0.209. The number of amides is 1. The fourth-order valence-corrected chi connectivity index (χ4v) is 2.24. The number of aromatic hydroxyl groups is 1. The van der Waals surface area contributed by atoms with E-state index in [0.29, 0.717) is 10.4 Å². The zero-order chi connectivity index (χ0) is 13.0. The minimum atomic E-state index is -0.230. The van der Waals surface area contributed by atoms with Gasteiger partial charge < -0.3 is 10.4 Å². The highest BCUT2D eigenvalue weighted by Crippen LogP contribution is 2.18. The van der Waals surface area contributed by atoms with Crippen LogP contribution in [0.15, 0.2) is 18.2 Å². The van der Waals surface area contributed by atoms with Gasteiger partial charge in [0, 0.05) is 10.9 Å². The molecule has 0 heterocycles. The normalized spacial score (nSPS) is 14.1. The van der Waals surface area contributed by atoms with Gasteiger partial charge in [0.25, 0.3) is 5.91 Å². The molecule has 3 nitrogen and oxygen atoms in total. The topological polar surface area (TPSA) is 49.3 Å². The van der Waals surface area contributed by atoms with Crippen LogP contribution in [0.3, 0.4) is 0 Å². The van der Waals surface area contributed by atoms with Crippen molar-refractivity contribution in [3.8, 4) is 5.75 Å². The number of hydrogen-bond acceptors (Lipinski definition) is 2. The van der Waals surface area contributed by atoms with Crippen LogP contribution in [0.2, 0.25) is 0 Å². The second-order valence-electron chi connectivity index (χ2n) is 4.41. The zero-order valence-corrected chi connectivity index (χ0v) is 11.9. The molecule has 2 unspecified atom stereocenters. The molecule has 0 saturated heterocycles. The number of halogens is 1. The number of carbonyl (C=O) groups excluding carboxylic acids is 1. The molecule has 0 radical (unpaired) electrons. The molecule has 94 valence electrons. The van der Waals surface area contributed by atoms with Gasteiger partial charge in [0.1, 0.15) is 5.75 Å². The predicted molar refractivity (Wildman–Crippen MR) is 72.8 cm³/mol. The van der Waals surface area contributed by atoms with Gasteiger partial charge in [0.2, 0.25) is 0 Å². The average molecular weight is 300 g/mol. The summed E-state index contributed by atoms with van der Waals surface area (Å²) in [6, 6.07) is 5.07. The first-order chi connectivity index (χ1) is 7.90. The standard InChI is InChI=1S/C13H18BrNO2/c1-8-4-5-12(16)11(6-8)13(17)15-10(3)7-9(2)14/h4-6,9-10,16H,7H2,1-3H3,(H,15,17). The van der Waals surface area contributed by atoms with Gasteiger partial charge in [-0.2, -0.15) is 0 Å². The molecule has 1 aromatic carbocycles. The molecule has 1 rings (SSSR count). The van der Waals surface area contributed by atoms with Crippen molar-refractivity contribution >= 4 is 21.8 Å². The Morgan fingerprint density at radius 3 is 2.71 bits per heavy atom. The minimum Gasteiger partial charge on any atom is -0.507 e. The Morgan fingerprint density at radius 1 is 1.47 bits per heavy atom. The summed E-state index contributed by atoms with van der Waals surface area (Å²) in [4.78, 5) is 12.3. The summed E-state index contributed by atoms with van der Waals surface area (Å²) in [7, 11) is 0. The van der Waals surface area contributed by atoms with E-state index >= 15 is 0 Å². The predicted octanol–water partition coefficient (Wildman–Crippen LogP) is 2.99. The van der Waals surface area contributed by atoms with Gasteiger partial charge in [0.05, 0.1) is 5.56 Å². The van der Waals surface area contributed by atoms with Crippen LogP contribution in [-0.2, 0) is 0 Å². The molecule has 0 aromatic heterocycles. The summed E-state index contributed by atoms with van der Waals surface area (Å²) in [6.07, 6.45) is 0.846. The Hall–Kier alpha value is -1.03. The van der Waals surface area contributed by atoms with Crippen molar-refractivity contribution in [2.75, 3.05) is 0 Å². The summed E-state index contributed by atoms with van der Waals surface area (Å²) in [6.45, 7) is 5.87. The fraction of sp³-hybridized carbons (Fsp3) is 0.462. The van der Waals surface area contributed by atoms with Crippen molar-refractivity contribution in [1.82, 2.24) is 5.32 Å². The molecule has 4 heteroatoms. The molecule has 17 heavy (non-hydrogen) atoms. The van der Waals surface area contributed by atoms with Gasteiger partial charge in [-0.3, -0.25) is 4.79 Å². The Morgan fingerprint density at radius 2 is 2.12 bits per heavy atom. The number of hydrogen-bond donors (Lipinski definition) is 2. The third-order valence-electron chi connectivity index (χ3n) is 2.45. The number of phenolic OH excluding ortho intramolecular Hbond substituents is 1. The van der Waals surface area contributed by atoms with Gasteiger partial charge in [-0.1, -0.05) is 34.5 Å². The summed E-state index contributed by atoms with van der Waals surface area (Å²) in [5.41, 5.74) is 1.29. The van der Waals surface area contributed by atoms with Crippen LogP contribution in [-0.4, -0.2) is 21.9 Å². The Labute approximate surface area is 110 Å². The van der Waals surface area contributed by atoms with Crippen LogP contribution in [0.5, 0.6) is 5.75 Å². The first-order valence-corrected chi connectivity index (χ1v) is 6.56. The number of rotatable bonds is 4. The zero-order valence-electron chi connectivity index (χ0n) is 10.3. The van der Waals surface area contributed by atoms with Gasteiger partial charge in [-0.05, 0) is 32.4 Å². The Balaban J connectivity index is 2.73. The molecule has 0 aliphatic heterocycles. The lowest BCUT2D eigenvalue weighted by atomic mass is 10.1. The third-order valence-corrected chi connectivity index (χ3v) is 2.83. The second-order valence-corrected chi connectivity index (χ2v) is 5.97. The second kappa shape index (κ2) is 6.05. The van der Waals surface area contributed by atoms with Crippen LogP contribution < -0.4 is 5.32 Å². The maximum Gasteiger partial charge on any atom is 0.255 e. The molecule has 0 fully saturated rings. The lowest BCUT2D eigenvalue weighted by Gasteiger charge is -2.15. The number of benzene rings is 1. The first-order valence-electron chi connectivity index (χ1n) is 5.64. The van der Waals surface area contributed by atoms with E-state index < -0.39 is 0 Å². The molecule has 0 bridgehead atoms. The summed E-state index contributed by atoms with van der Waals surface area (Å²) >= 11 is 3.45. The van der Waals surface area contributed by atoms with Crippen molar-refractivity contribution in [2.45, 2.75) is 38.1 Å². The number of phenols is 1. The molecule has 0 aliphatic rings. The molecule has 2 atom stereocenters.